The fraction of sp³-hybridized carbons (Fsp3) is 0.571. The maximum atomic E-state index is 10.2. The van der Waals surface area contributed by atoms with E-state index in [4.69, 9.17) is 10.5 Å². The molecule has 100 valence electrons. The number of methoxy groups -OCH3 is 1. The molecule has 3 N–H and O–H groups in total. The fourth-order valence-corrected chi connectivity index (χ4v) is 2.41. The van der Waals surface area contributed by atoms with Crippen molar-refractivity contribution in [2.75, 3.05) is 26.7 Å². The molecule has 0 spiro atoms. The van der Waals surface area contributed by atoms with Gasteiger partial charge >= 0.3 is 0 Å². The average Bonchev–Trinajstić information content (AvgIpc) is 2.91. The van der Waals surface area contributed by atoms with Crippen LogP contribution in [0, 0.1) is 0 Å². The normalized spacial score (nSPS) is 19.7. The Morgan fingerprint density at radius 2 is 1.89 bits per heavy atom. The predicted molar refractivity (Wildman–Crippen MR) is 71.6 cm³/mol. The number of hydrogen-bond acceptors (Lipinski definition) is 4. The number of aliphatic hydroxyl groups is 1. The van der Waals surface area contributed by atoms with Gasteiger partial charge in [-0.05, 0) is 43.6 Å². The molecule has 1 fully saturated rings. The molecule has 2 rings (SSSR count). The fourth-order valence-electron chi connectivity index (χ4n) is 2.41. The van der Waals surface area contributed by atoms with Crippen LogP contribution in [0.25, 0.3) is 0 Å². The van der Waals surface area contributed by atoms with Crippen LogP contribution in [-0.4, -0.2) is 42.8 Å². The molecule has 18 heavy (non-hydrogen) atoms. The van der Waals surface area contributed by atoms with Crippen molar-refractivity contribution in [2.24, 2.45) is 5.73 Å². The van der Waals surface area contributed by atoms with Crippen LogP contribution in [0.15, 0.2) is 24.3 Å². The second-order valence-corrected chi connectivity index (χ2v) is 4.89. The molecular weight excluding hydrogens is 228 g/mol. The maximum absolute atomic E-state index is 10.2. The van der Waals surface area contributed by atoms with Gasteiger partial charge in [0.1, 0.15) is 5.75 Å². The highest BCUT2D eigenvalue weighted by Gasteiger charge is 2.21. The smallest absolute Gasteiger partial charge is 0.118 e. The molecule has 0 aliphatic carbocycles. The van der Waals surface area contributed by atoms with Crippen molar-refractivity contribution in [1.29, 1.82) is 0 Å². The lowest BCUT2D eigenvalue weighted by atomic mass is 10.0. The highest BCUT2D eigenvalue weighted by Crippen LogP contribution is 2.20. The Hall–Kier alpha value is -1.10. The van der Waals surface area contributed by atoms with Crippen LogP contribution < -0.4 is 10.5 Å². The quantitative estimate of drug-likeness (QED) is 0.823. The second-order valence-electron chi connectivity index (χ2n) is 4.89. The number of ether oxygens (including phenoxy) is 1. The molecule has 0 radical (unpaired) electrons. The van der Waals surface area contributed by atoms with Crippen LogP contribution in [0.5, 0.6) is 5.75 Å². The highest BCUT2D eigenvalue weighted by molar-refractivity contribution is 5.29. The largest absolute Gasteiger partial charge is 0.497 e. The van der Waals surface area contributed by atoms with E-state index in [1.54, 1.807) is 7.11 Å². The molecule has 0 saturated carbocycles. The van der Waals surface area contributed by atoms with Gasteiger partial charge in [0.15, 0.2) is 0 Å². The molecule has 2 unspecified atom stereocenters. The van der Waals surface area contributed by atoms with Crippen LogP contribution in [0.3, 0.4) is 0 Å². The number of nitrogens with zero attached hydrogens (tertiary/aromatic N) is 1. The van der Waals surface area contributed by atoms with Gasteiger partial charge in [-0.15, -0.1) is 0 Å². The minimum absolute atomic E-state index is 0.239. The third-order valence-corrected chi connectivity index (χ3v) is 3.53. The van der Waals surface area contributed by atoms with Gasteiger partial charge in [-0.3, -0.25) is 0 Å². The number of aliphatic hydroxyl groups excluding tert-OH is 1. The molecule has 1 aliphatic heterocycles. The molecule has 0 aromatic heterocycles. The molecule has 1 aliphatic rings. The van der Waals surface area contributed by atoms with E-state index in [1.807, 2.05) is 24.3 Å². The molecule has 2 atom stereocenters. The monoisotopic (exact) mass is 250 g/mol. The molecule has 1 aromatic carbocycles. The Morgan fingerprint density at radius 1 is 1.28 bits per heavy atom. The van der Waals surface area contributed by atoms with Gasteiger partial charge in [-0.25, -0.2) is 0 Å². The second kappa shape index (κ2) is 6.18. The van der Waals surface area contributed by atoms with Crippen molar-refractivity contribution >= 4 is 0 Å². The summed E-state index contributed by atoms with van der Waals surface area (Å²) in [4.78, 5) is 2.32. The maximum Gasteiger partial charge on any atom is 0.118 e. The molecule has 0 bridgehead atoms. The van der Waals surface area contributed by atoms with Gasteiger partial charge in [-0.1, -0.05) is 12.1 Å². The summed E-state index contributed by atoms with van der Waals surface area (Å²) in [5.41, 5.74) is 6.93. The first-order valence-corrected chi connectivity index (χ1v) is 6.50. The minimum atomic E-state index is -0.614. The third-order valence-electron chi connectivity index (χ3n) is 3.53. The van der Waals surface area contributed by atoms with Gasteiger partial charge in [0.05, 0.1) is 13.2 Å². The number of nitrogens with two attached hydrogens (primary N) is 1. The van der Waals surface area contributed by atoms with Gasteiger partial charge in [0.2, 0.25) is 0 Å². The zero-order chi connectivity index (χ0) is 13.0. The van der Waals surface area contributed by atoms with Crippen molar-refractivity contribution in [1.82, 2.24) is 4.90 Å². The molecule has 4 heteroatoms. The summed E-state index contributed by atoms with van der Waals surface area (Å²) < 4.78 is 5.10. The molecule has 1 saturated heterocycles. The average molecular weight is 250 g/mol. The Balaban J connectivity index is 1.93. The van der Waals surface area contributed by atoms with Gasteiger partial charge in [-0.2, -0.15) is 0 Å². The summed E-state index contributed by atoms with van der Waals surface area (Å²) in [6, 6.07) is 7.19. The zero-order valence-corrected chi connectivity index (χ0v) is 10.9. The summed E-state index contributed by atoms with van der Waals surface area (Å²) in [7, 11) is 1.63. The first kappa shape index (κ1) is 13.3. The molecule has 1 heterocycles. The van der Waals surface area contributed by atoms with Crippen LogP contribution in [0.2, 0.25) is 0 Å². The Labute approximate surface area is 108 Å². The first-order valence-electron chi connectivity index (χ1n) is 6.50. The van der Waals surface area contributed by atoms with E-state index in [2.05, 4.69) is 4.90 Å². The molecule has 0 amide bonds. The van der Waals surface area contributed by atoms with Crippen molar-refractivity contribution in [3.8, 4) is 5.75 Å². The van der Waals surface area contributed by atoms with E-state index in [1.165, 1.54) is 12.8 Å². The third kappa shape index (κ3) is 3.22. The number of likely N-dealkylation sites (tertiary alicyclic amines) is 1. The summed E-state index contributed by atoms with van der Waals surface area (Å²) >= 11 is 0. The van der Waals surface area contributed by atoms with E-state index < -0.39 is 6.10 Å². The Kier molecular flexibility index (Phi) is 4.58. The van der Waals surface area contributed by atoms with Crippen molar-refractivity contribution in [3.05, 3.63) is 29.8 Å². The molecule has 1 aromatic rings. The predicted octanol–water partition coefficient (Wildman–Crippen LogP) is 1.15. The lowest BCUT2D eigenvalue weighted by Gasteiger charge is -2.24. The number of benzene rings is 1. The number of rotatable bonds is 5. The van der Waals surface area contributed by atoms with E-state index in [9.17, 15) is 5.11 Å². The van der Waals surface area contributed by atoms with Crippen LogP contribution >= 0.6 is 0 Å². The SMILES string of the molecule is COc1ccc(C(O)C(N)CN2CCCC2)cc1. The standard InChI is InChI=1S/C14H22N2O2/c1-18-12-6-4-11(5-7-12)14(17)13(15)10-16-8-2-3-9-16/h4-7,13-14,17H,2-3,8-10,15H2,1H3. The Morgan fingerprint density at radius 3 is 2.44 bits per heavy atom. The summed E-state index contributed by atoms with van der Waals surface area (Å²) in [6.45, 7) is 2.96. The van der Waals surface area contributed by atoms with E-state index in [0.717, 1.165) is 30.9 Å². The van der Waals surface area contributed by atoms with E-state index in [-0.39, 0.29) is 6.04 Å². The molecule has 4 nitrogen and oxygen atoms in total. The first-order chi connectivity index (χ1) is 8.70. The topological polar surface area (TPSA) is 58.7 Å². The summed E-state index contributed by atoms with van der Waals surface area (Å²) in [5.74, 6) is 0.791. The van der Waals surface area contributed by atoms with Gasteiger partial charge < -0.3 is 20.5 Å². The van der Waals surface area contributed by atoms with Crippen LogP contribution in [0.4, 0.5) is 0 Å². The number of hydrogen-bond donors (Lipinski definition) is 2. The molecular formula is C14H22N2O2. The zero-order valence-electron chi connectivity index (χ0n) is 10.9. The summed E-state index contributed by atoms with van der Waals surface area (Å²) in [5, 5.41) is 10.2. The van der Waals surface area contributed by atoms with Gasteiger partial charge in [0.25, 0.3) is 0 Å². The Bertz CT molecular complexity index is 361. The van der Waals surface area contributed by atoms with Crippen LogP contribution in [0.1, 0.15) is 24.5 Å². The summed E-state index contributed by atoms with van der Waals surface area (Å²) in [6.07, 6.45) is 1.87. The van der Waals surface area contributed by atoms with Crippen LogP contribution in [-0.2, 0) is 0 Å². The van der Waals surface area contributed by atoms with Crippen molar-refractivity contribution in [3.63, 3.8) is 0 Å². The highest BCUT2D eigenvalue weighted by atomic mass is 16.5. The lowest BCUT2D eigenvalue weighted by molar-refractivity contribution is 0.125. The van der Waals surface area contributed by atoms with Crippen molar-refractivity contribution < 1.29 is 9.84 Å². The van der Waals surface area contributed by atoms with E-state index >= 15 is 0 Å². The van der Waals surface area contributed by atoms with E-state index in [0.29, 0.717) is 0 Å². The van der Waals surface area contributed by atoms with Crippen molar-refractivity contribution in [2.45, 2.75) is 25.0 Å². The lowest BCUT2D eigenvalue weighted by Crippen LogP contribution is -2.40. The van der Waals surface area contributed by atoms with Gasteiger partial charge in [0, 0.05) is 12.6 Å². The minimum Gasteiger partial charge on any atom is -0.497 e.